The van der Waals surface area contributed by atoms with E-state index in [2.05, 4.69) is 23.5 Å². The molecule has 4 aromatic rings. The van der Waals surface area contributed by atoms with Crippen LogP contribution in [0.1, 0.15) is 55.9 Å². The van der Waals surface area contributed by atoms with Crippen molar-refractivity contribution in [1.29, 1.82) is 0 Å². The lowest BCUT2D eigenvalue weighted by atomic mass is 9.84. The molecule has 0 radical (unpaired) electrons. The molecule has 2 unspecified atom stereocenters. The van der Waals surface area contributed by atoms with Crippen LogP contribution in [0.25, 0.3) is 11.1 Å². The Bertz CT molecular complexity index is 1400. The minimum atomic E-state index is -0.250. The van der Waals surface area contributed by atoms with Crippen molar-refractivity contribution in [3.63, 3.8) is 0 Å². The standard InChI is InChI=1S/C29H23FN2O2/c30-22-9-5-19(6-10-22)20-7-11-23-25(13-20)28-26-14-21(8-12-24(26)27(23)34-28)29(33)32-16-18-3-1-17(15-31)2-4-18/h1-14,27-28H,15-16,31H2,(H,32,33). The summed E-state index contributed by atoms with van der Waals surface area (Å²) >= 11 is 0. The molecule has 2 atom stereocenters. The van der Waals surface area contributed by atoms with E-state index in [-0.39, 0.29) is 23.9 Å². The first kappa shape index (κ1) is 20.8. The highest BCUT2D eigenvalue weighted by Gasteiger charge is 2.43. The molecule has 2 aliphatic heterocycles. The summed E-state index contributed by atoms with van der Waals surface area (Å²) in [5.41, 5.74) is 14.7. The lowest BCUT2D eigenvalue weighted by Gasteiger charge is -2.18. The van der Waals surface area contributed by atoms with Gasteiger partial charge < -0.3 is 15.8 Å². The topological polar surface area (TPSA) is 64.3 Å². The van der Waals surface area contributed by atoms with E-state index in [1.54, 1.807) is 12.1 Å². The van der Waals surface area contributed by atoms with Crippen LogP contribution in [0, 0.1) is 5.82 Å². The SMILES string of the molecule is NCc1ccc(CNC(=O)c2ccc3c(c2)C2OC3c3ccc(-c4ccc(F)cc4)cc32)cc1. The molecule has 168 valence electrons. The van der Waals surface area contributed by atoms with E-state index >= 15 is 0 Å². The fraction of sp³-hybridized carbons (Fsp3) is 0.138. The quantitative estimate of drug-likeness (QED) is 0.428. The van der Waals surface area contributed by atoms with Crippen LogP contribution in [0.15, 0.2) is 84.9 Å². The largest absolute Gasteiger partial charge is 0.356 e. The molecule has 0 spiro atoms. The normalized spacial score (nSPS) is 17.4. The molecule has 0 saturated heterocycles. The van der Waals surface area contributed by atoms with E-state index < -0.39 is 0 Å². The number of rotatable bonds is 5. The Hall–Kier alpha value is -3.80. The summed E-state index contributed by atoms with van der Waals surface area (Å²) in [4.78, 5) is 12.9. The van der Waals surface area contributed by atoms with Gasteiger partial charge in [-0.05, 0) is 74.8 Å². The van der Waals surface area contributed by atoms with Gasteiger partial charge in [-0.25, -0.2) is 4.39 Å². The second-order valence-corrected chi connectivity index (χ2v) is 8.79. The molecule has 1 amide bonds. The van der Waals surface area contributed by atoms with Crippen LogP contribution in [0.5, 0.6) is 0 Å². The zero-order valence-electron chi connectivity index (χ0n) is 18.4. The Balaban J connectivity index is 1.23. The molecular weight excluding hydrogens is 427 g/mol. The van der Waals surface area contributed by atoms with Gasteiger partial charge in [-0.3, -0.25) is 4.79 Å². The summed E-state index contributed by atoms with van der Waals surface area (Å²) in [5, 5.41) is 3.00. The Kier molecular flexibility index (Phi) is 5.01. The Morgan fingerprint density at radius 1 is 0.765 bits per heavy atom. The number of hydrogen-bond acceptors (Lipinski definition) is 3. The number of benzene rings is 4. The van der Waals surface area contributed by atoms with Gasteiger partial charge in [-0.1, -0.05) is 54.6 Å². The Morgan fingerprint density at radius 2 is 1.38 bits per heavy atom. The molecule has 0 saturated carbocycles. The highest BCUT2D eigenvalue weighted by Crippen LogP contribution is 2.54. The van der Waals surface area contributed by atoms with Gasteiger partial charge >= 0.3 is 0 Å². The summed E-state index contributed by atoms with van der Waals surface area (Å²) in [6, 6.07) is 26.5. The van der Waals surface area contributed by atoms with Gasteiger partial charge in [0.15, 0.2) is 0 Å². The molecule has 2 heterocycles. The fourth-order valence-electron chi connectivity index (χ4n) is 4.89. The average molecular weight is 451 g/mol. The molecular formula is C29H23FN2O2. The highest BCUT2D eigenvalue weighted by molar-refractivity contribution is 5.94. The van der Waals surface area contributed by atoms with Crippen LogP contribution in [-0.2, 0) is 17.8 Å². The third-order valence-corrected chi connectivity index (χ3v) is 6.73. The smallest absolute Gasteiger partial charge is 0.251 e. The summed E-state index contributed by atoms with van der Waals surface area (Å²) in [5.74, 6) is -0.367. The van der Waals surface area contributed by atoms with E-state index in [0.717, 1.165) is 44.5 Å². The van der Waals surface area contributed by atoms with Crippen LogP contribution in [0.2, 0.25) is 0 Å². The number of carbonyl (C=O) groups excluding carboxylic acids is 1. The molecule has 4 nitrogen and oxygen atoms in total. The molecule has 34 heavy (non-hydrogen) atoms. The van der Waals surface area contributed by atoms with Crippen molar-refractivity contribution in [2.75, 3.05) is 0 Å². The second kappa shape index (κ2) is 8.20. The average Bonchev–Trinajstić information content (AvgIpc) is 3.45. The van der Waals surface area contributed by atoms with E-state index in [1.165, 1.54) is 12.1 Å². The number of ether oxygens (including phenoxy) is 1. The predicted octanol–water partition coefficient (Wildman–Crippen LogP) is 5.40. The molecule has 0 fully saturated rings. The van der Waals surface area contributed by atoms with Crippen molar-refractivity contribution in [2.24, 2.45) is 5.73 Å². The monoisotopic (exact) mass is 450 g/mol. The molecule has 5 heteroatoms. The molecule has 0 aliphatic carbocycles. The van der Waals surface area contributed by atoms with Crippen molar-refractivity contribution in [1.82, 2.24) is 5.32 Å². The summed E-state index contributed by atoms with van der Waals surface area (Å²) in [6.45, 7) is 0.952. The number of fused-ring (bicyclic) bond motifs is 8. The fourth-order valence-corrected chi connectivity index (χ4v) is 4.89. The number of nitrogens with two attached hydrogens (primary N) is 1. The third kappa shape index (κ3) is 3.50. The summed E-state index contributed by atoms with van der Waals surface area (Å²) in [6.07, 6.45) is -0.317. The summed E-state index contributed by atoms with van der Waals surface area (Å²) in [7, 11) is 0. The second-order valence-electron chi connectivity index (χ2n) is 8.79. The lowest BCUT2D eigenvalue weighted by molar-refractivity contribution is 0.0857. The van der Waals surface area contributed by atoms with Crippen molar-refractivity contribution >= 4 is 5.91 Å². The summed E-state index contributed by atoms with van der Waals surface area (Å²) < 4.78 is 19.6. The number of carbonyl (C=O) groups is 1. The molecule has 4 aromatic carbocycles. The van der Waals surface area contributed by atoms with Crippen molar-refractivity contribution in [2.45, 2.75) is 25.3 Å². The molecule has 0 aromatic heterocycles. The van der Waals surface area contributed by atoms with Gasteiger partial charge in [0.25, 0.3) is 5.91 Å². The van der Waals surface area contributed by atoms with E-state index in [1.807, 2.05) is 42.5 Å². The third-order valence-electron chi connectivity index (χ3n) is 6.73. The van der Waals surface area contributed by atoms with Gasteiger partial charge in [0.05, 0.1) is 0 Å². The van der Waals surface area contributed by atoms with Gasteiger partial charge in [-0.15, -0.1) is 0 Å². The van der Waals surface area contributed by atoms with Crippen LogP contribution >= 0.6 is 0 Å². The zero-order chi connectivity index (χ0) is 23.2. The minimum absolute atomic E-state index is 0.115. The predicted molar refractivity (Wildman–Crippen MR) is 129 cm³/mol. The van der Waals surface area contributed by atoms with Crippen LogP contribution in [-0.4, -0.2) is 5.91 Å². The van der Waals surface area contributed by atoms with E-state index in [9.17, 15) is 9.18 Å². The van der Waals surface area contributed by atoms with Crippen molar-refractivity contribution < 1.29 is 13.9 Å². The van der Waals surface area contributed by atoms with Gasteiger partial charge in [-0.2, -0.15) is 0 Å². The van der Waals surface area contributed by atoms with E-state index in [4.69, 9.17) is 10.5 Å². The van der Waals surface area contributed by atoms with Gasteiger partial charge in [0, 0.05) is 18.7 Å². The van der Waals surface area contributed by atoms with Crippen LogP contribution in [0.3, 0.4) is 0 Å². The number of halogens is 1. The molecule has 6 rings (SSSR count). The van der Waals surface area contributed by atoms with Gasteiger partial charge in [0.1, 0.15) is 18.0 Å². The van der Waals surface area contributed by atoms with Crippen LogP contribution < -0.4 is 11.1 Å². The van der Waals surface area contributed by atoms with Crippen molar-refractivity contribution in [3.05, 3.63) is 130 Å². The van der Waals surface area contributed by atoms with E-state index in [0.29, 0.717) is 18.7 Å². The minimum Gasteiger partial charge on any atom is -0.356 e. The molecule has 2 aliphatic rings. The van der Waals surface area contributed by atoms with Crippen LogP contribution in [0.4, 0.5) is 4.39 Å². The highest BCUT2D eigenvalue weighted by atomic mass is 19.1. The maximum atomic E-state index is 13.3. The van der Waals surface area contributed by atoms with Crippen molar-refractivity contribution in [3.8, 4) is 11.1 Å². The molecule has 2 bridgehead atoms. The lowest BCUT2D eigenvalue weighted by Crippen LogP contribution is -2.23. The first-order valence-corrected chi connectivity index (χ1v) is 11.4. The number of hydrogen-bond donors (Lipinski definition) is 2. The maximum absolute atomic E-state index is 13.3. The Morgan fingerprint density at radius 3 is 2.12 bits per heavy atom. The number of amides is 1. The Labute approximate surface area is 197 Å². The first-order valence-electron chi connectivity index (χ1n) is 11.4. The molecule has 3 N–H and O–H groups in total. The maximum Gasteiger partial charge on any atom is 0.251 e. The number of nitrogens with one attached hydrogen (secondary N) is 1. The zero-order valence-corrected chi connectivity index (χ0v) is 18.4. The van der Waals surface area contributed by atoms with Gasteiger partial charge in [0.2, 0.25) is 0 Å². The first-order chi connectivity index (χ1) is 16.6.